The van der Waals surface area contributed by atoms with E-state index in [1.54, 1.807) is 12.1 Å². The molecule has 0 radical (unpaired) electrons. The first kappa shape index (κ1) is 25.8. The number of amidine groups is 1. The highest BCUT2D eigenvalue weighted by Gasteiger charge is 2.41. The van der Waals surface area contributed by atoms with E-state index in [9.17, 15) is 9.59 Å². The van der Waals surface area contributed by atoms with Gasteiger partial charge in [0, 0.05) is 36.9 Å². The maximum Gasteiger partial charge on any atom is 0.338 e. The van der Waals surface area contributed by atoms with Crippen LogP contribution >= 0.6 is 23.4 Å². The smallest absolute Gasteiger partial charge is 0.338 e. The minimum Gasteiger partial charge on any atom is -0.459 e. The Labute approximate surface area is 215 Å². The number of esters is 1. The van der Waals surface area contributed by atoms with Gasteiger partial charge < -0.3 is 19.7 Å². The molecule has 1 amide bonds. The summed E-state index contributed by atoms with van der Waals surface area (Å²) in [5, 5.41) is 6.31. The van der Waals surface area contributed by atoms with Crippen molar-refractivity contribution in [1.82, 2.24) is 15.1 Å². The molecule has 188 valence electrons. The molecule has 1 saturated heterocycles. The van der Waals surface area contributed by atoms with Crippen LogP contribution in [0.15, 0.2) is 51.6 Å². The number of rotatable bonds is 8. The van der Waals surface area contributed by atoms with E-state index in [1.807, 2.05) is 43.2 Å². The molecule has 1 fully saturated rings. The highest BCUT2D eigenvalue weighted by atomic mass is 35.5. The van der Waals surface area contributed by atoms with Crippen LogP contribution in [0.1, 0.15) is 38.8 Å². The molecule has 0 aliphatic carbocycles. The number of ether oxygens (including phenoxy) is 2. The van der Waals surface area contributed by atoms with E-state index in [0.29, 0.717) is 22.8 Å². The minimum absolute atomic E-state index is 0.0706. The lowest BCUT2D eigenvalue weighted by molar-refractivity contribution is -0.143. The Hall–Kier alpha value is -2.33. The largest absolute Gasteiger partial charge is 0.459 e. The van der Waals surface area contributed by atoms with E-state index < -0.39 is 12.0 Å². The van der Waals surface area contributed by atoms with Crippen LogP contribution < -0.4 is 5.32 Å². The third-order valence-corrected chi connectivity index (χ3v) is 7.09. The van der Waals surface area contributed by atoms with E-state index >= 15 is 0 Å². The molecule has 0 spiro atoms. The number of nitrogens with one attached hydrogen (secondary N) is 1. The normalized spacial score (nSPS) is 20.5. The van der Waals surface area contributed by atoms with Crippen molar-refractivity contribution in [3.8, 4) is 0 Å². The fraction of sp³-hybridized carbons (Fsp3) is 0.480. The summed E-state index contributed by atoms with van der Waals surface area (Å²) in [5.41, 5.74) is 2.74. The first-order valence-electron chi connectivity index (χ1n) is 11.8. The Balaban J connectivity index is 1.52. The quantitative estimate of drug-likeness (QED) is 0.525. The van der Waals surface area contributed by atoms with Crippen molar-refractivity contribution in [1.29, 1.82) is 0 Å². The van der Waals surface area contributed by atoms with Crippen molar-refractivity contribution >= 4 is 40.4 Å². The number of amides is 1. The summed E-state index contributed by atoms with van der Waals surface area (Å²) in [4.78, 5) is 34.9. The van der Waals surface area contributed by atoms with Gasteiger partial charge in [-0.3, -0.25) is 9.69 Å². The SMILES string of the molecule is CC1=C(C(=O)OC(C)C)[C@H](c2ccc(Cl)cc2)N2C(CC(=O)NCCN3CCOCC3)=CSC2=N1. The van der Waals surface area contributed by atoms with Crippen LogP contribution in [-0.2, 0) is 19.1 Å². The van der Waals surface area contributed by atoms with Gasteiger partial charge in [0.15, 0.2) is 5.17 Å². The molecule has 3 aliphatic rings. The highest BCUT2D eigenvalue weighted by Crippen LogP contribution is 2.45. The first-order valence-corrected chi connectivity index (χ1v) is 13.1. The number of hydrogen-bond donors (Lipinski definition) is 1. The lowest BCUT2D eigenvalue weighted by atomic mass is 9.94. The molecule has 1 atom stereocenters. The van der Waals surface area contributed by atoms with Crippen molar-refractivity contribution in [2.45, 2.75) is 39.3 Å². The molecular formula is C25H31ClN4O4S. The number of carbonyl (C=O) groups excluding carboxylic acids is 2. The summed E-state index contributed by atoms with van der Waals surface area (Å²) < 4.78 is 10.9. The van der Waals surface area contributed by atoms with Crippen LogP contribution in [0.25, 0.3) is 0 Å². The first-order chi connectivity index (χ1) is 16.8. The van der Waals surface area contributed by atoms with Gasteiger partial charge in [-0.1, -0.05) is 35.5 Å². The number of thioether (sulfide) groups is 1. The fourth-order valence-electron chi connectivity index (χ4n) is 4.27. The highest BCUT2D eigenvalue weighted by molar-refractivity contribution is 8.16. The third-order valence-electron chi connectivity index (χ3n) is 5.94. The van der Waals surface area contributed by atoms with Gasteiger partial charge in [-0.05, 0) is 43.9 Å². The molecule has 1 aromatic carbocycles. The molecule has 0 saturated carbocycles. The molecule has 0 unspecified atom stereocenters. The zero-order chi connectivity index (χ0) is 24.9. The second-order valence-corrected chi connectivity index (χ2v) is 10.2. The van der Waals surface area contributed by atoms with Crippen molar-refractivity contribution in [2.24, 2.45) is 4.99 Å². The Morgan fingerprint density at radius 2 is 1.97 bits per heavy atom. The summed E-state index contributed by atoms with van der Waals surface area (Å²) in [6.45, 7) is 10.1. The summed E-state index contributed by atoms with van der Waals surface area (Å²) in [6.07, 6.45) is -0.0793. The Morgan fingerprint density at radius 3 is 2.66 bits per heavy atom. The number of hydrogen-bond acceptors (Lipinski definition) is 8. The maximum absolute atomic E-state index is 13.2. The predicted molar refractivity (Wildman–Crippen MR) is 138 cm³/mol. The third kappa shape index (κ3) is 6.27. The second kappa shape index (κ2) is 11.6. The Morgan fingerprint density at radius 1 is 1.26 bits per heavy atom. The van der Waals surface area contributed by atoms with Crippen LogP contribution in [0.2, 0.25) is 5.02 Å². The molecule has 3 heterocycles. The number of carbonyl (C=O) groups is 2. The molecule has 0 aromatic heterocycles. The van der Waals surface area contributed by atoms with Crippen molar-refractivity contribution in [3.05, 3.63) is 57.2 Å². The average molecular weight is 519 g/mol. The van der Waals surface area contributed by atoms with Crippen LogP contribution in [0.5, 0.6) is 0 Å². The summed E-state index contributed by atoms with van der Waals surface area (Å²) in [6, 6.07) is 6.93. The maximum atomic E-state index is 13.2. The molecular weight excluding hydrogens is 488 g/mol. The van der Waals surface area contributed by atoms with Gasteiger partial charge in [-0.2, -0.15) is 0 Å². The van der Waals surface area contributed by atoms with Crippen LogP contribution in [0.3, 0.4) is 0 Å². The van der Waals surface area contributed by atoms with Gasteiger partial charge >= 0.3 is 5.97 Å². The van der Waals surface area contributed by atoms with Crippen LogP contribution in [-0.4, -0.2) is 72.3 Å². The van der Waals surface area contributed by atoms with Crippen molar-refractivity contribution < 1.29 is 19.1 Å². The number of halogens is 1. The van der Waals surface area contributed by atoms with Gasteiger partial charge in [-0.25, -0.2) is 9.79 Å². The Kier molecular flexibility index (Phi) is 8.54. The van der Waals surface area contributed by atoms with E-state index in [4.69, 9.17) is 21.1 Å². The summed E-state index contributed by atoms with van der Waals surface area (Å²) >= 11 is 7.60. The van der Waals surface area contributed by atoms with Crippen LogP contribution in [0.4, 0.5) is 0 Å². The zero-order valence-electron chi connectivity index (χ0n) is 20.3. The number of fused-ring (bicyclic) bond motifs is 1. The van der Waals surface area contributed by atoms with Crippen molar-refractivity contribution in [3.63, 3.8) is 0 Å². The van der Waals surface area contributed by atoms with E-state index in [1.165, 1.54) is 11.8 Å². The monoisotopic (exact) mass is 518 g/mol. The van der Waals surface area contributed by atoms with Gasteiger partial charge in [0.25, 0.3) is 0 Å². The predicted octanol–water partition coefficient (Wildman–Crippen LogP) is 3.71. The summed E-state index contributed by atoms with van der Waals surface area (Å²) in [7, 11) is 0. The summed E-state index contributed by atoms with van der Waals surface area (Å²) in [5.74, 6) is -0.481. The number of nitrogens with zero attached hydrogens (tertiary/aromatic N) is 3. The molecule has 35 heavy (non-hydrogen) atoms. The minimum atomic E-state index is -0.464. The van der Waals surface area contributed by atoms with Crippen LogP contribution in [0, 0.1) is 0 Å². The van der Waals surface area contributed by atoms with Gasteiger partial charge in [0.05, 0.1) is 43.1 Å². The molecule has 4 rings (SSSR count). The number of allylic oxidation sites excluding steroid dienone is 1. The van der Waals surface area contributed by atoms with E-state index in [2.05, 4.69) is 15.2 Å². The molecule has 1 aromatic rings. The number of benzene rings is 1. The topological polar surface area (TPSA) is 83.5 Å². The fourth-order valence-corrected chi connectivity index (χ4v) is 5.36. The molecule has 3 aliphatic heterocycles. The molecule has 0 bridgehead atoms. The van der Waals surface area contributed by atoms with E-state index in [-0.39, 0.29) is 18.4 Å². The zero-order valence-corrected chi connectivity index (χ0v) is 21.8. The molecule has 8 nitrogen and oxygen atoms in total. The van der Waals surface area contributed by atoms with Gasteiger partial charge in [0.2, 0.25) is 5.91 Å². The average Bonchev–Trinajstić information content (AvgIpc) is 3.20. The Bertz CT molecular complexity index is 1050. The standard InChI is InChI=1S/C25H31ClN4O4S/c1-16(2)34-24(32)22-17(3)28-25-30(23(22)18-4-6-19(26)7-5-18)20(15-35-25)14-21(31)27-8-9-29-10-12-33-13-11-29/h4-7,15-16,23H,8-14H2,1-3H3,(H,27,31)/t23-/m0/s1. The lowest BCUT2D eigenvalue weighted by Gasteiger charge is -2.36. The van der Waals surface area contributed by atoms with Crippen molar-refractivity contribution in [2.75, 3.05) is 39.4 Å². The molecule has 1 N–H and O–H groups in total. The molecule has 10 heteroatoms. The van der Waals surface area contributed by atoms with E-state index in [0.717, 1.165) is 49.3 Å². The van der Waals surface area contributed by atoms with Gasteiger partial charge in [0.1, 0.15) is 0 Å². The lowest BCUT2D eigenvalue weighted by Crippen LogP contribution is -2.42. The van der Waals surface area contributed by atoms with Gasteiger partial charge in [-0.15, -0.1) is 0 Å². The second-order valence-electron chi connectivity index (χ2n) is 8.88. The number of aliphatic imine (C=N–C) groups is 1. The number of morpholine rings is 1.